The van der Waals surface area contributed by atoms with Gasteiger partial charge in [0.2, 0.25) is 5.95 Å². The summed E-state index contributed by atoms with van der Waals surface area (Å²) in [6.45, 7) is 3.18. The molecule has 1 aliphatic rings. The highest BCUT2D eigenvalue weighted by Crippen LogP contribution is 2.26. The summed E-state index contributed by atoms with van der Waals surface area (Å²) >= 11 is 0. The number of H-pyrrole nitrogens is 1. The molecule has 0 aliphatic carbocycles. The molecular weight excluding hydrogens is 402 g/mol. The van der Waals surface area contributed by atoms with Crippen LogP contribution in [0.25, 0.3) is 22.6 Å². The van der Waals surface area contributed by atoms with Crippen LogP contribution in [0.5, 0.6) is 0 Å². The molecule has 3 aromatic heterocycles. The normalized spacial score (nSPS) is 14.9. The standard InChI is InChI=1S/C20H21N7O4/c1-11-9-12(16-23-19(28)31-25-16)3-4-14(11)22-18-21-10-15-17(24-18)27(20(29)26(15)2)13-5-7-30-8-6-13/h3-4,9-10,13H,5-8H2,1-2H3,(H,21,22,24)(H,23,25,28). The maximum absolute atomic E-state index is 12.8. The van der Waals surface area contributed by atoms with E-state index in [-0.39, 0.29) is 11.7 Å². The van der Waals surface area contributed by atoms with Crippen molar-refractivity contribution in [1.82, 2.24) is 29.2 Å². The van der Waals surface area contributed by atoms with E-state index < -0.39 is 5.76 Å². The SMILES string of the molecule is Cc1cc(-c2nc(=O)o[nH]2)ccc1Nc1ncc2c(n1)n(C1CCOCC1)c(=O)n2C. The van der Waals surface area contributed by atoms with Crippen LogP contribution < -0.4 is 16.8 Å². The van der Waals surface area contributed by atoms with Crippen LogP contribution in [0, 0.1) is 6.92 Å². The van der Waals surface area contributed by atoms with Crippen molar-refractivity contribution in [2.45, 2.75) is 25.8 Å². The van der Waals surface area contributed by atoms with Crippen LogP contribution in [0.4, 0.5) is 11.6 Å². The van der Waals surface area contributed by atoms with Crippen molar-refractivity contribution >= 4 is 22.8 Å². The molecule has 1 aromatic carbocycles. The predicted octanol–water partition coefficient (Wildman–Crippen LogP) is 1.88. The number of aryl methyl sites for hydroxylation is 2. The Kier molecular flexibility index (Phi) is 4.66. The zero-order chi connectivity index (χ0) is 21.5. The van der Waals surface area contributed by atoms with E-state index in [1.165, 1.54) is 0 Å². The second-order valence-electron chi connectivity index (χ2n) is 7.54. The molecule has 2 N–H and O–H groups in total. The third-order valence-corrected chi connectivity index (χ3v) is 5.57. The molecule has 0 atom stereocenters. The number of hydrogen-bond donors (Lipinski definition) is 2. The summed E-state index contributed by atoms with van der Waals surface area (Å²) in [7, 11) is 1.73. The fourth-order valence-electron chi connectivity index (χ4n) is 3.89. The summed E-state index contributed by atoms with van der Waals surface area (Å²) in [6, 6.07) is 5.58. The van der Waals surface area contributed by atoms with Gasteiger partial charge in [-0.3, -0.25) is 9.13 Å². The van der Waals surface area contributed by atoms with Gasteiger partial charge in [0.25, 0.3) is 0 Å². The number of aromatic amines is 1. The van der Waals surface area contributed by atoms with Crippen LogP contribution in [0.15, 0.2) is 38.5 Å². The first kappa shape index (κ1) is 19.2. The molecular formula is C20H21N7O4. The smallest absolute Gasteiger partial charge is 0.381 e. The van der Waals surface area contributed by atoms with Crippen molar-refractivity contribution < 1.29 is 9.26 Å². The number of ether oxygens (including phenoxy) is 1. The summed E-state index contributed by atoms with van der Waals surface area (Å²) in [5.41, 5.74) is 3.61. The molecule has 0 spiro atoms. The average molecular weight is 423 g/mol. The lowest BCUT2D eigenvalue weighted by Crippen LogP contribution is -2.30. The molecule has 0 bridgehead atoms. The Hall–Kier alpha value is -3.73. The topological polar surface area (TPSA) is 133 Å². The van der Waals surface area contributed by atoms with Gasteiger partial charge in [-0.2, -0.15) is 15.1 Å². The van der Waals surface area contributed by atoms with E-state index in [2.05, 4.69) is 29.9 Å². The minimum absolute atomic E-state index is 0.0540. The Morgan fingerprint density at radius 3 is 2.71 bits per heavy atom. The largest absolute Gasteiger partial charge is 0.460 e. The molecule has 5 rings (SSSR count). The highest BCUT2D eigenvalue weighted by molar-refractivity contribution is 5.73. The van der Waals surface area contributed by atoms with Gasteiger partial charge in [0, 0.05) is 37.6 Å². The number of fused-ring (bicyclic) bond motifs is 1. The zero-order valence-electron chi connectivity index (χ0n) is 17.1. The Bertz CT molecular complexity index is 1370. The maximum atomic E-state index is 12.8. The zero-order valence-corrected chi connectivity index (χ0v) is 17.1. The van der Waals surface area contributed by atoms with E-state index in [9.17, 15) is 9.59 Å². The number of rotatable bonds is 4. The van der Waals surface area contributed by atoms with Gasteiger partial charge in [-0.1, -0.05) is 0 Å². The van der Waals surface area contributed by atoms with Crippen molar-refractivity contribution in [2.75, 3.05) is 18.5 Å². The molecule has 0 amide bonds. The van der Waals surface area contributed by atoms with Gasteiger partial charge < -0.3 is 14.6 Å². The first-order valence-electron chi connectivity index (χ1n) is 9.96. The second-order valence-corrected chi connectivity index (χ2v) is 7.54. The van der Waals surface area contributed by atoms with Crippen molar-refractivity contribution in [3.8, 4) is 11.4 Å². The first-order valence-corrected chi connectivity index (χ1v) is 9.96. The van der Waals surface area contributed by atoms with Crippen LogP contribution in [0.3, 0.4) is 0 Å². The van der Waals surface area contributed by atoms with Crippen LogP contribution in [-0.4, -0.2) is 42.5 Å². The minimum atomic E-state index is -0.671. The lowest BCUT2D eigenvalue weighted by molar-refractivity contribution is 0.0695. The van der Waals surface area contributed by atoms with Crippen LogP contribution in [0.1, 0.15) is 24.4 Å². The molecule has 1 fully saturated rings. The van der Waals surface area contributed by atoms with Crippen LogP contribution >= 0.6 is 0 Å². The number of nitrogens with one attached hydrogen (secondary N) is 2. The van der Waals surface area contributed by atoms with E-state index in [1.54, 1.807) is 22.4 Å². The molecule has 4 aromatic rings. The Morgan fingerprint density at radius 2 is 2.00 bits per heavy atom. The molecule has 1 aliphatic heterocycles. The molecule has 11 nitrogen and oxygen atoms in total. The Morgan fingerprint density at radius 1 is 1.19 bits per heavy atom. The number of imidazole rings is 1. The Balaban J connectivity index is 1.49. The average Bonchev–Trinajstić information content (AvgIpc) is 3.31. The van der Waals surface area contributed by atoms with Crippen molar-refractivity contribution in [3.63, 3.8) is 0 Å². The predicted molar refractivity (Wildman–Crippen MR) is 112 cm³/mol. The number of aromatic nitrogens is 6. The summed E-state index contributed by atoms with van der Waals surface area (Å²) in [5, 5.41) is 5.72. The van der Waals surface area contributed by atoms with Gasteiger partial charge in [-0.25, -0.2) is 14.6 Å². The van der Waals surface area contributed by atoms with Gasteiger partial charge in [-0.15, -0.1) is 0 Å². The van der Waals surface area contributed by atoms with E-state index in [0.29, 0.717) is 36.2 Å². The third-order valence-electron chi connectivity index (χ3n) is 5.57. The lowest BCUT2D eigenvalue weighted by Gasteiger charge is -2.22. The first-order chi connectivity index (χ1) is 15.0. The van der Waals surface area contributed by atoms with E-state index >= 15 is 0 Å². The fourth-order valence-corrected chi connectivity index (χ4v) is 3.89. The summed E-state index contributed by atoms with van der Waals surface area (Å²) in [5.74, 6) is 0.0849. The van der Waals surface area contributed by atoms with Gasteiger partial charge in [0.1, 0.15) is 5.52 Å². The monoisotopic (exact) mass is 423 g/mol. The van der Waals surface area contributed by atoms with Crippen molar-refractivity contribution in [3.05, 3.63) is 51.0 Å². The molecule has 31 heavy (non-hydrogen) atoms. The molecule has 0 unspecified atom stereocenters. The van der Waals surface area contributed by atoms with E-state index in [4.69, 9.17) is 4.74 Å². The number of benzene rings is 1. The van der Waals surface area contributed by atoms with Crippen molar-refractivity contribution in [1.29, 1.82) is 0 Å². The Labute approximate surface area is 175 Å². The molecule has 160 valence electrons. The van der Waals surface area contributed by atoms with Crippen LogP contribution in [-0.2, 0) is 11.8 Å². The summed E-state index contributed by atoms with van der Waals surface area (Å²) in [4.78, 5) is 36.8. The summed E-state index contributed by atoms with van der Waals surface area (Å²) in [6.07, 6.45) is 3.21. The van der Waals surface area contributed by atoms with Gasteiger partial charge in [0.05, 0.1) is 6.20 Å². The molecule has 0 saturated carbocycles. The maximum Gasteiger partial charge on any atom is 0.460 e. The second kappa shape index (κ2) is 7.51. The quantitative estimate of drug-likeness (QED) is 0.508. The lowest BCUT2D eigenvalue weighted by atomic mass is 10.1. The van der Waals surface area contributed by atoms with Crippen LogP contribution in [0.2, 0.25) is 0 Å². The highest BCUT2D eigenvalue weighted by atomic mass is 16.5. The molecule has 1 saturated heterocycles. The molecule has 4 heterocycles. The third kappa shape index (κ3) is 3.42. The molecule has 11 heteroatoms. The van der Waals surface area contributed by atoms with E-state index in [0.717, 1.165) is 29.7 Å². The van der Waals surface area contributed by atoms with Crippen molar-refractivity contribution in [2.24, 2.45) is 7.05 Å². The van der Waals surface area contributed by atoms with E-state index in [1.807, 2.05) is 25.1 Å². The van der Waals surface area contributed by atoms with Gasteiger partial charge in [0.15, 0.2) is 11.5 Å². The van der Waals surface area contributed by atoms with Gasteiger partial charge in [-0.05, 0) is 43.5 Å². The number of hydrogen-bond acceptors (Lipinski definition) is 8. The fraction of sp³-hybridized carbons (Fsp3) is 0.350. The van der Waals surface area contributed by atoms with Gasteiger partial charge >= 0.3 is 11.4 Å². The number of anilines is 2. The molecule has 0 radical (unpaired) electrons. The number of nitrogens with zero attached hydrogens (tertiary/aromatic N) is 5. The minimum Gasteiger partial charge on any atom is -0.381 e. The highest BCUT2D eigenvalue weighted by Gasteiger charge is 2.23. The summed E-state index contributed by atoms with van der Waals surface area (Å²) < 4.78 is 13.4.